The first kappa shape index (κ1) is 15.3. The van der Waals surface area contributed by atoms with Crippen LogP contribution in [0.25, 0.3) is 0 Å². The quantitative estimate of drug-likeness (QED) is 0.887. The Kier molecular flexibility index (Phi) is 4.46. The van der Waals surface area contributed by atoms with Crippen LogP contribution in [0.5, 0.6) is 0 Å². The van der Waals surface area contributed by atoms with Crippen molar-refractivity contribution in [2.45, 2.75) is 40.7 Å². The summed E-state index contributed by atoms with van der Waals surface area (Å²) in [6.07, 6.45) is 0. The van der Waals surface area contributed by atoms with Crippen LogP contribution < -0.4 is 5.32 Å². The Labute approximate surface area is 127 Å². The molecule has 2 aromatic carbocycles. The largest absolute Gasteiger partial charge is 0.345 e. The summed E-state index contributed by atoms with van der Waals surface area (Å²) in [6, 6.07) is 12.2. The van der Waals surface area contributed by atoms with E-state index in [-0.39, 0.29) is 11.9 Å². The first-order chi connectivity index (χ1) is 9.90. The highest BCUT2D eigenvalue weighted by Gasteiger charge is 2.15. The van der Waals surface area contributed by atoms with Crippen molar-refractivity contribution in [3.63, 3.8) is 0 Å². The summed E-state index contributed by atoms with van der Waals surface area (Å²) in [5.41, 5.74) is 6.51. The summed E-state index contributed by atoms with van der Waals surface area (Å²) in [5.74, 6) is -0.00801. The van der Waals surface area contributed by atoms with Crippen LogP contribution in [0.2, 0.25) is 0 Å². The van der Waals surface area contributed by atoms with Gasteiger partial charge in [0, 0.05) is 5.56 Å². The van der Waals surface area contributed by atoms with E-state index in [1.54, 1.807) is 0 Å². The Bertz CT molecular complexity index is 673. The molecular weight excluding hydrogens is 258 g/mol. The van der Waals surface area contributed by atoms with Crippen molar-refractivity contribution in [1.29, 1.82) is 0 Å². The molecule has 0 spiro atoms. The van der Waals surface area contributed by atoms with Crippen molar-refractivity contribution in [1.82, 2.24) is 5.32 Å². The van der Waals surface area contributed by atoms with Crippen molar-refractivity contribution in [2.75, 3.05) is 0 Å². The molecule has 0 fully saturated rings. The van der Waals surface area contributed by atoms with Gasteiger partial charge in [-0.2, -0.15) is 0 Å². The molecule has 1 N–H and O–H groups in total. The molecule has 2 aromatic rings. The smallest absolute Gasteiger partial charge is 0.252 e. The van der Waals surface area contributed by atoms with Crippen LogP contribution in [0, 0.1) is 27.7 Å². The topological polar surface area (TPSA) is 29.1 Å². The number of rotatable bonds is 3. The molecule has 0 aliphatic carbocycles. The Balaban J connectivity index is 2.22. The lowest BCUT2D eigenvalue weighted by Gasteiger charge is -2.18. The molecule has 110 valence electrons. The third kappa shape index (κ3) is 3.33. The Morgan fingerprint density at radius 3 is 2.19 bits per heavy atom. The van der Waals surface area contributed by atoms with Gasteiger partial charge in [0.15, 0.2) is 0 Å². The molecule has 0 radical (unpaired) electrons. The number of carbonyl (C=O) groups is 1. The number of carbonyl (C=O) groups excluding carboxylic acids is 1. The lowest BCUT2D eigenvalue weighted by Crippen LogP contribution is -2.27. The van der Waals surface area contributed by atoms with Crippen molar-refractivity contribution < 1.29 is 4.79 Å². The third-order valence-electron chi connectivity index (χ3n) is 4.09. The van der Waals surface area contributed by atoms with Crippen LogP contribution in [-0.2, 0) is 0 Å². The van der Waals surface area contributed by atoms with Gasteiger partial charge in [-0.25, -0.2) is 0 Å². The minimum Gasteiger partial charge on any atom is -0.345 e. The maximum Gasteiger partial charge on any atom is 0.252 e. The molecule has 1 unspecified atom stereocenters. The SMILES string of the molecule is Cc1cc(C)c(C(=O)NC(C)c2ccccc2C)cc1C. The van der Waals surface area contributed by atoms with E-state index < -0.39 is 0 Å². The molecule has 0 saturated carbocycles. The van der Waals surface area contributed by atoms with Crippen molar-refractivity contribution >= 4 is 5.91 Å². The Hall–Kier alpha value is -2.09. The lowest BCUT2D eigenvalue weighted by atomic mass is 9.99. The fourth-order valence-corrected chi connectivity index (χ4v) is 2.63. The molecule has 2 rings (SSSR count). The van der Waals surface area contributed by atoms with Crippen LogP contribution in [0.4, 0.5) is 0 Å². The molecule has 0 heterocycles. The lowest BCUT2D eigenvalue weighted by molar-refractivity contribution is 0.0939. The molecule has 0 bridgehead atoms. The van der Waals surface area contributed by atoms with Gasteiger partial charge in [-0.3, -0.25) is 4.79 Å². The fraction of sp³-hybridized carbons (Fsp3) is 0.316. The maximum absolute atomic E-state index is 12.5. The second-order valence-corrected chi connectivity index (χ2v) is 5.80. The minimum atomic E-state index is -0.00801. The van der Waals surface area contributed by atoms with Crippen LogP contribution in [0.15, 0.2) is 36.4 Å². The zero-order valence-electron chi connectivity index (χ0n) is 13.4. The first-order valence-corrected chi connectivity index (χ1v) is 7.34. The zero-order chi connectivity index (χ0) is 15.6. The van der Waals surface area contributed by atoms with Crippen LogP contribution in [0.1, 0.15) is 51.1 Å². The summed E-state index contributed by atoms with van der Waals surface area (Å²) in [7, 11) is 0. The Morgan fingerprint density at radius 1 is 0.905 bits per heavy atom. The summed E-state index contributed by atoms with van der Waals surface area (Å²) >= 11 is 0. The normalized spacial score (nSPS) is 12.0. The molecular formula is C19H23NO. The van der Waals surface area contributed by atoms with Crippen molar-refractivity contribution in [3.05, 3.63) is 69.8 Å². The van der Waals surface area contributed by atoms with Gasteiger partial charge in [0.2, 0.25) is 0 Å². The monoisotopic (exact) mass is 281 g/mol. The van der Waals surface area contributed by atoms with Crippen molar-refractivity contribution in [3.8, 4) is 0 Å². The number of hydrogen-bond donors (Lipinski definition) is 1. The summed E-state index contributed by atoms with van der Waals surface area (Å²) < 4.78 is 0. The van der Waals surface area contributed by atoms with E-state index in [0.29, 0.717) is 0 Å². The first-order valence-electron chi connectivity index (χ1n) is 7.34. The average molecular weight is 281 g/mol. The summed E-state index contributed by atoms with van der Waals surface area (Å²) in [4.78, 5) is 12.5. The molecule has 2 heteroatoms. The maximum atomic E-state index is 12.5. The number of nitrogens with one attached hydrogen (secondary N) is 1. The van der Waals surface area contributed by atoms with Gasteiger partial charge in [0.1, 0.15) is 0 Å². The molecule has 1 atom stereocenters. The fourth-order valence-electron chi connectivity index (χ4n) is 2.63. The molecule has 0 aliphatic heterocycles. The molecule has 0 saturated heterocycles. The average Bonchev–Trinajstić information content (AvgIpc) is 2.43. The zero-order valence-corrected chi connectivity index (χ0v) is 13.4. The van der Waals surface area contributed by atoms with Crippen molar-refractivity contribution in [2.24, 2.45) is 0 Å². The van der Waals surface area contributed by atoms with E-state index in [4.69, 9.17) is 0 Å². The summed E-state index contributed by atoms with van der Waals surface area (Å²) in [6.45, 7) is 10.2. The predicted octanol–water partition coefficient (Wildman–Crippen LogP) is 4.41. The highest BCUT2D eigenvalue weighted by molar-refractivity contribution is 5.96. The van der Waals surface area contributed by atoms with Gasteiger partial charge in [-0.15, -0.1) is 0 Å². The van der Waals surface area contributed by atoms with Gasteiger partial charge >= 0.3 is 0 Å². The highest BCUT2D eigenvalue weighted by Crippen LogP contribution is 2.19. The molecule has 0 aliphatic rings. The number of hydrogen-bond acceptors (Lipinski definition) is 1. The van der Waals surface area contributed by atoms with Crippen LogP contribution >= 0.6 is 0 Å². The number of benzene rings is 2. The van der Waals surface area contributed by atoms with Gasteiger partial charge < -0.3 is 5.32 Å². The third-order valence-corrected chi connectivity index (χ3v) is 4.09. The van der Waals surface area contributed by atoms with E-state index in [9.17, 15) is 4.79 Å². The molecule has 0 aromatic heterocycles. The summed E-state index contributed by atoms with van der Waals surface area (Å²) in [5, 5.41) is 3.10. The second kappa shape index (κ2) is 6.13. The minimum absolute atomic E-state index is 0.000269. The highest BCUT2D eigenvalue weighted by atomic mass is 16.1. The van der Waals surface area contributed by atoms with E-state index >= 15 is 0 Å². The van der Waals surface area contributed by atoms with E-state index in [1.807, 2.05) is 39.0 Å². The molecule has 2 nitrogen and oxygen atoms in total. The van der Waals surface area contributed by atoms with E-state index in [1.165, 1.54) is 11.1 Å². The Morgan fingerprint density at radius 2 is 1.52 bits per heavy atom. The number of amides is 1. The predicted molar refractivity (Wildman–Crippen MR) is 87.7 cm³/mol. The second-order valence-electron chi connectivity index (χ2n) is 5.80. The van der Waals surface area contributed by atoms with Crippen LogP contribution in [0.3, 0.4) is 0 Å². The molecule has 21 heavy (non-hydrogen) atoms. The van der Waals surface area contributed by atoms with E-state index in [2.05, 4.69) is 37.4 Å². The van der Waals surface area contributed by atoms with Gasteiger partial charge in [-0.05, 0) is 68.5 Å². The van der Waals surface area contributed by atoms with Gasteiger partial charge in [0.25, 0.3) is 5.91 Å². The standard InChI is InChI=1S/C19H23NO/c1-12-8-6-7-9-17(12)16(5)20-19(21)18-11-14(3)13(2)10-15(18)4/h6-11,16H,1-5H3,(H,20,21). The van der Waals surface area contributed by atoms with Gasteiger partial charge in [-0.1, -0.05) is 30.3 Å². The van der Waals surface area contributed by atoms with E-state index in [0.717, 1.165) is 22.3 Å². The number of aryl methyl sites for hydroxylation is 4. The van der Waals surface area contributed by atoms with Gasteiger partial charge in [0.05, 0.1) is 6.04 Å². The molecule has 1 amide bonds. The van der Waals surface area contributed by atoms with Crippen LogP contribution in [-0.4, -0.2) is 5.91 Å².